The van der Waals surface area contributed by atoms with Gasteiger partial charge in [-0.25, -0.2) is 4.98 Å². The second-order valence-electron chi connectivity index (χ2n) is 10.9. The second kappa shape index (κ2) is 8.20. The molecule has 5 nitrogen and oxygen atoms in total. The first-order chi connectivity index (χ1) is 16.7. The molecule has 0 aromatic carbocycles. The van der Waals surface area contributed by atoms with Gasteiger partial charge in [-0.15, -0.1) is 11.3 Å². The van der Waals surface area contributed by atoms with Gasteiger partial charge >= 0.3 is 6.18 Å². The molecular weight excluding hydrogens is 473 g/mol. The fourth-order valence-corrected chi connectivity index (χ4v) is 7.64. The molecule has 2 aromatic rings. The molecule has 4 aliphatic heterocycles. The van der Waals surface area contributed by atoms with Crippen LogP contribution in [0.3, 0.4) is 0 Å². The van der Waals surface area contributed by atoms with E-state index in [0.717, 1.165) is 49.6 Å². The number of aryl methyl sites for hydroxylation is 1. The highest BCUT2D eigenvalue weighted by Gasteiger charge is 2.50. The number of fused-ring (bicyclic) bond motifs is 4. The van der Waals surface area contributed by atoms with Crippen LogP contribution in [0, 0.1) is 11.3 Å². The first-order valence-corrected chi connectivity index (χ1v) is 13.5. The summed E-state index contributed by atoms with van der Waals surface area (Å²) < 4.78 is 41.7. The van der Waals surface area contributed by atoms with Crippen LogP contribution in [0.5, 0.6) is 0 Å². The molecule has 1 saturated carbocycles. The van der Waals surface area contributed by atoms with Crippen LogP contribution in [-0.4, -0.2) is 54.1 Å². The molecule has 0 radical (unpaired) electrons. The van der Waals surface area contributed by atoms with E-state index in [1.165, 1.54) is 16.9 Å². The van der Waals surface area contributed by atoms with Gasteiger partial charge in [0, 0.05) is 60.0 Å². The Kier molecular flexibility index (Phi) is 5.45. The molecule has 4 saturated heterocycles. The molecule has 5 aliphatic rings. The molecule has 5 fully saturated rings. The number of nitrogens with zero attached hydrogens (tertiary/aromatic N) is 3. The lowest BCUT2D eigenvalue weighted by Gasteiger charge is -2.56. The third-order valence-electron chi connectivity index (χ3n) is 8.69. The monoisotopic (exact) mass is 504 g/mol. The van der Waals surface area contributed by atoms with Gasteiger partial charge in [0.05, 0.1) is 17.3 Å². The van der Waals surface area contributed by atoms with Crippen molar-refractivity contribution in [2.24, 2.45) is 11.3 Å². The zero-order valence-corrected chi connectivity index (χ0v) is 20.8. The van der Waals surface area contributed by atoms with Crippen molar-refractivity contribution < 1.29 is 18.0 Å². The number of aromatic nitrogens is 1. The van der Waals surface area contributed by atoms with E-state index in [0.29, 0.717) is 42.4 Å². The zero-order valence-electron chi connectivity index (χ0n) is 20.0. The van der Waals surface area contributed by atoms with Gasteiger partial charge in [0.1, 0.15) is 4.83 Å². The number of carbonyl (C=O) groups excluding carboxylic acids is 1. The van der Waals surface area contributed by atoms with Crippen LogP contribution >= 0.6 is 11.3 Å². The summed E-state index contributed by atoms with van der Waals surface area (Å²) in [6.45, 7) is 8.75. The number of nitrogens with one attached hydrogen (secondary N) is 1. The molecule has 1 aliphatic carbocycles. The Hall–Kier alpha value is -2.13. The largest absolute Gasteiger partial charge is 0.419 e. The van der Waals surface area contributed by atoms with Crippen LogP contribution in [-0.2, 0) is 17.4 Å². The average molecular weight is 505 g/mol. The lowest BCUT2D eigenvalue weighted by molar-refractivity contribution is -0.139. The first-order valence-electron chi connectivity index (χ1n) is 12.6. The van der Waals surface area contributed by atoms with Crippen LogP contribution in [0.4, 0.5) is 18.9 Å². The maximum Gasteiger partial charge on any atom is 0.419 e. The molecule has 1 N–H and O–H groups in total. The maximum atomic E-state index is 13.9. The van der Waals surface area contributed by atoms with Gasteiger partial charge in [0.15, 0.2) is 0 Å². The van der Waals surface area contributed by atoms with Crippen LogP contribution in [0.25, 0.3) is 10.2 Å². The Labute approximate surface area is 207 Å². The highest BCUT2D eigenvalue weighted by molar-refractivity contribution is 7.18. The number of amides is 1. The van der Waals surface area contributed by atoms with Crippen molar-refractivity contribution in [3.63, 3.8) is 0 Å². The number of rotatable bonds is 3. The summed E-state index contributed by atoms with van der Waals surface area (Å²) in [4.78, 5) is 23.0. The number of carbonyl (C=O) groups is 1. The Morgan fingerprint density at radius 2 is 2.03 bits per heavy atom. The van der Waals surface area contributed by atoms with Crippen molar-refractivity contribution in [2.45, 2.75) is 63.7 Å². The van der Waals surface area contributed by atoms with Crippen molar-refractivity contribution in [2.75, 3.05) is 31.1 Å². The quantitative estimate of drug-likeness (QED) is 0.598. The van der Waals surface area contributed by atoms with Crippen molar-refractivity contribution in [1.82, 2.24) is 15.2 Å². The number of anilines is 1. The molecule has 188 valence electrons. The van der Waals surface area contributed by atoms with E-state index < -0.39 is 11.7 Å². The van der Waals surface area contributed by atoms with Gasteiger partial charge in [-0.2, -0.15) is 13.2 Å². The van der Waals surface area contributed by atoms with E-state index in [4.69, 9.17) is 0 Å². The number of likely N-dealkylation sites (tertiary alicyclic amines) is 1. The Morgan fingerprint density at radius 3 is 2.66 bits per heavy atom. The number of alkyl halides is 3. The SMILES string of the molecule is C=C1C[C@@H]2CC[C@H]1[C@@H](C(=O)N1CCC3(CC1)CN(c1c(C(F)(F)F)cnc4sc(CC)cc14)C3)N2. The lowest BCUT2D eigenvalue weighted by atomic mass is 9.70. The van der Waals surface area contributed by atoms with Gasteiger partial charge in [-0.1, -0.05) is 19.1 Å². The smallest absolute Gasteiger partial charge is 0.369 e. The first kappa shape index (κ1) is 23.3. The van der Waals surface area contributed by atoms with Gasteiger partial charge in [0.2, 0.25) is 5.91 Å². The van der Waals surface area contributed by atoms with E-state index >= 15 is 0 Å². The average Bonchev–Trinajstić information content (AvgIpc) is 3.25. The maximum absolute atomic E-state index is 13.9. The normalized spacial score (nSPS) is 28.1. The summed E-state index contributed by atoms with van der Waals surface area (Å²) in [5.74, 6) is 0.406. The summed E-state index contributed by atoms with van der Waals surface area (Å²) in [6, 6.07) is 2.08. The van der Waals surface area contributed by atoms with E-state index in [9.17, 15) is 18.0 Å². The van der Waals surface area contributed by atoms with Crippen LogP contribution in [0.1, 0.15) is 49.5 Å². The summed E-state index contributed by atoms with van der Waals surface area (Å²) in [5, 5.41) is 4.14. The minimum atomic E-state index is -4.44. The zero-order chi connectivity index (χ0) is 24.5. The summed E-state index contributed by atoms with van der Waals surface area (Å²) in [5.41, 5.74) is 0.807. The number of thiophene rings is 1. The molecule has 6 heterocycles. The third-order valence-corrected chi connectivity index (χ3v) is 9.87. The minimum Gasteiger partial charge on any atom is -0.369 e. The molecule has 35 heavy (non-hydrogen) atoms. The molecule has 2 bridgehead atoms. The topological polar surface area (TPSA) is 48.5 Å². The van der Waals surface area contributed by atoms with Crippen LogP contribution in [0.15, 0.2) is 24.4 Å². The van der Waals surface area contributed by atoms with Gasteiger partial charge in [-0.05, 0) is 44.6 Å². The van der Waals surface area contributed by atoms with Crippen molar-refractivity contribution in [3.8, 4) is 0 Å². The van der Waals surface area contributed by atoms with Gasteiger partial charge < -0.3 is 15.1 Å². The fourth-order valence-electron chi connectivity index (χ4n) is 6.70. The van der Waals surface area contributed by atoms with Gasteiger partial charge in [-0.3, -0.25) is 4.79 Å². The number of hydrogen-bond acceptors (Lipinski definition) is 5. The Bertz CT molecular complexity index is 1180. The van der Waals surface area contributed by atoms with Crippen molar-refractivity contribution >= 4 is 33.1 Å². The standard InChI is InChI=1S/C26H31F3N4OS/c1-3-17-11-19-22(20(26(27,28)29)12-30-23(19)35-17)33-13-25(14-33)6-8-32(9-7-25)24(34)21-18-5-4-16(31-21)10-15(18)2/h11-12,16,18,21,31H,2-10,13-14H2,1H3/t16-,18+,21-/m0/s1. The Morgan fingerprint density at radius 1 is 1.29 bits per heavy atom. The number of halogens is 3. The number of pyridine rings is 1. The predicted octanol–water partition coefficient (Wildman–Crippen LogP) is 5.00. The summed E-state index contributed by atoms with van der Waals surface area (Å²) in [6.07, 6.45) is 2.10. The molecule has 2 aromatic heterocycles. The van der Waals surface area contributed by atoms with E-state index in [1.807, 2.05) is 22.8 Å². The Balaban J connectivity index is 1.16. The molecular formula is C26H31F3N4OS. The minimum absolute atomic E-state index is 0.0263. The summed E-state index contributed by atoms with van der Waals surface area (Å²) >= 11 is 1.47. The van der Waals surface area contributed by atoms with Crippen LogP contribution in [0.2, 0.25) is 0 Å². The number of piperidine rings is 3. The lowest BCUT2D eigenvalue weighted by Crippen LogP contribution is -2.64. The third kappa shape index (κ3) is 3.86. The van der Waals surface area contributed by atoms with Gasteiger partial charge in [0.25, 0.3) is 0 Å². The number of hydrogen-bond donors (Lipinski definition) is 1. The predicted molar refractivity (Wildman–Crippen MR) is 132 cm³/mol. The second-order valence-corrected chi connectivity index (χ2v) is 12.0. The molecule has 1 spiro atoms. The van der Waals surface area contributed by atoms with E-state index in [1.54, 1.807) is 0 Å². The van der Waals surface area contributed by atoms with Crippen LogP contribution < -0.4 is 10.2 Å². The van der Waals surface area contributed by atoms with E-state index in [2.05, 4.69) is 16.9 Å². The molecule has 0 unspecified atom stereocenters. The molecule has 9 heteroatoms. The summed E-state index contributed by atoms with van der Waals surface area (Å²) in [7, 11) is 0. The van der Waals surface area contributed by atoms with Crippen molar-refractivity contribution in [3.05, 3.63) is 34.9 Å². The van der Waals surface area contributed by atoms with Crippen molar-refractivity contribution in [1.29, 1.82) is 0 Å². The molecule has 1 amide bonds. The molecule has 3 atom stereocenters. The highest BCUT2D eigenvalue weighted by Crippen LogP contribution is 2.49. The highest BCUT2D eigenvalue weighted by atomic mass is 32.1. The fraction of sp³-hybridized carbons (Fsp3) is 0.615. The van der Waals surface area contributed by atoms with E-state index in [-0.39, 0.29) is 29.0 Å². The molecule has 7 rings (SSSR count).